The van der Waals surface area contributed by atoms with Crippen molar-refractivity contribution in [2.24, 2.45) is 5.92 Å². The first-order valence-electron chi connectivity index (χ1n) is 11.1. The lowest BCUT2D eigenvalue weighted by atomic mass is 10.1. The van der Waals surface area contributed by atoms with E-state index in [1.54, 1.807) is 11.9 Å². The average molecular weight is 433 g/mol. The summed E-state index contributed by atoms with van der Waals surface area (Å²) in [6.45, 7) is 6.91. The molecule has 1 aliphatic heterocycles. The van der Waals surface area contributed by atoms with Crippen LogP contribution in [-0.4, -0.2) is 53.4 Å². The second kappa shape index (κ2) is 8.89. The molecule has 2 heterocycles. The van der Waals surface area contributed by atoms with Crippen molar-refractivity contribution in [3.63, 3.8) is 0 Å². The summed E-state index contributed by atoms with van der Waals surface area (Å²) >= 11 is 1.56. The molecule has 1 aliphatic carbocycles. The molecular weight excluding hydrogens is 404 g/mol. The minimum absolute atomic E-state index is 0.145. The predicted octanol–water partition coefficient (Wildman–Crippen LogP) is 4.83. The summed E-state index contributed by atoms with van der Waals surface area (Å²) in [5, 5.41) is 1.13. The molecule has 1 aromatic heterocycles. The normalized spacial score (nSPS) is 17.1. The molecule has 0 bridgehead atoms. The van der Waals surface area contributed by atoms with Gasteiger partial charge in [-0.3, -0.25) is 14.7 Å². The van der Waals surface area contributed by atoms with Crippen LogP contribution >= 0.6 is 11.9 Å². The van der Waals surface area contributed by atoms with Crippen molar-refractivity contribution >= 4 is 34.4 Å². The molecule has 5 rings (SSSR count). The van der Waals surface area contributed by atoms with Crippen LogP contribution in [0.2, 0.25) is 0 Å². The zero-order valence-electron chi connectivity index (χ0n) is 17.9. The topological polar surface area (TPSA) is 48.5 Å². The van der Waals surface area contributed by atoms with Gasteiger partial charge in [-0.15, -0.1) is 0 Å². The van der Waals surface area contributed by atoms with Gasteiger partial charge in [0.2, 0.25) is 0 Å². The van der Waals surface area contributed by atoms with Crippen LogP contribution in [0.5, 0.6) is 0 Å². The van der Waals surface area contributed by atoms with Crippen molar-refractivity contribution in [3.05, 3.63) is 65.9 Å². The molecule has 0 unspecified atom stereocenters. The van der Waals surface area contributed by atoms with E-state index in [1.165, 1.54) is 19.4 Å². The highest BCUT2D eigenvalue weighted by molar-refractivity contribution is 8.00. The molecule has 6 heteroatoms. The lowest BCUT2D eigenvalue weighted by molar-refractivity contribution is 0.0632. The number of aromatic nitrogens is 1. The molecule has 0 atom stereocenters. The molecule has 0 radical (unpaired) electrons. The number of hydrogen-bond acceptors (Lipinski definition) is 5. The van der Waals surface area contributed by atoms with Crippen molar-refractivity contribution in [3.8, 4) is 0 Å². The van der Waals surface area contributed by atoms with Gasteiger partial charge in [-0.1, -0.05) is 18.2 Å². The Morgan fingerprint density at radius 1 is 1.10 bits per heavy atom. The van der Waals surface area contributed by atoms with Crippen LogP contribution in [0.15, 0.2) is 59.6 Å². The van der Waals surface area contributed by atoms with E-state index in [0.717, 1.165) is 64.7 Å². The van der Waals surface area contributed by atoms with Gasteiger partial charge in [0, 0.05) is 55.6 Å². The van der Waals surface area contributed by atoms with Crippen molar-refractivity contribution < 1.29 is 4.79 Å². The SMILES string of the molecule is Cc1cc(C(=O)N2CCN(CC3CC3)CC2)ccc1NSc1cccc2cccnc12. The number of fused-ring (bicyclic) bond motifs is 1. The Labute approximate surface area is 188 Å². The molecule has 1 saturated carbocycles. The largest absolute Gasteiger partial charge is 0.336 e. The van der Waals surface area contributed by atoms with Gasteiger partial charge in [0.15, 0.2) is 0 Å². The molecule has 2 aliphatic rings. The fourth-order valence-corrected chi connectivity index (χ4v) is 5.02. The lowest BCUT2D eigenvalue weighted by Gasteiger charge is -2.35. The maximum absolute atomic E-state index is 13.0. The number of nitrogens with zero attached hydrogens (tertiary/aromatic N) is 3. The minimum Gasteiger partial charge on any atom is -0.336 e. The fourth-order valence-electron chi connectivity index (χ4n) is 4.16. The molecule has 2 aromatic carbocycles. The second-order valence-corrected chi connectivity index (χ2v) is 9.45. The highest BCUT2D eigenvalue weighted by Crippen LogP contribution is 2.31. The number of rotatable bonds is 6. The Morgan fingerprint density at radius 3 is 2.68 bits per heavy atom. The Kier molecular flexibility index (Phi) is 5.83. The Morgan fingerprint density at radius 2 is 1.90 bits per heavy atom. The Balaban J connectivity index is 1.22. The van der Waals surface area contributed by atoms with Gasteiger partial charge in [-0.05, 0) is 73.5 Å². The van der Waals surface area contributed by atoms with Crippen LogP contribution in [-0.2, 0) is 0 Å². The van der Waals surface area contributed by atoms with Gasteiger partial charge in [0.1, 0.15) is 0 Å². The molecule has 160 valence electrons. The molecule has 5 nitrogen and oxygen atoms in total. The van der Waals surface area contributed by atoms with Crippen LogP contribution in [0.1, 0.15) is 28.8 Å². The molecule has 1 N–H and O–H groups in total. The summed E-state index contributed by atoms with van der Waals surface area (Å²) in [5.41, 5.74) is 3.85. The second-order valence-electron chi connectivity index (χ2n) is 8.60. The first kappa shape index (κ1) is 20.3. The van der Waals surface area contributed by atoms with Gasteiger partial charge in [0.05, 0.1) is 10.4 Å². The third-order valence-electron chi connectivity index (χ3n) is 6.21. The molecule has 2 fully saturated rings. The summed E-state index contributed by atoms with van der Waals surface area (Å²) in [6.07, 6.45) is 4.59. The molecule has 1 amide bonds. The number of piperazine rings is 1. The lowest BCUT2D eigenvalue weighted by Crippen LogP contribution is -2.49. The van der Waals surface area contributed by atoms with Crippen molar-refractivity contribution in [1.29, 1.82) is 0 Å². The maximum atomic E-state index is 13.0. The number of amides is 1. The molecule has 0 spiro atoms. The third kappa shape index (κ3) is 4.70. The van der Waals surface area contributed by atoms with Gasteiger partial charge in [-0.2, -0.15) is 0 Å². The summed E-state index contributed by atoms with van der Waals surface area (Å²) in [4.78, 5) is 23.1. The zero-order chi connectivity index (χ0) is 21.2. The van der Waals surface area contributed by atoms with Crippen LogP contribution in [0.25, 0.3) is 10.9 Å². The number of benzene rings is 2. The van der Waals surface area contributed by atoms with Crippen LogP contribution in [0.3, 0.4) is 0 Å². The monoisotopic (exact) mass is 432 g/mol. The van der Waals surface area contributed by atoms with Crippen molar-refractivity contribution in [2.75, 3.05) is 37.4 Å². The van der Waals surface area contributed by atoms with E-state index >= 15 is 0 Å². The highest BCUT2D eigenvalue weighted by Gasteiger charge is 2.28. The summed E-state index contributed by atoms with van der Waals surface area (Å²) < 4.78 is 3.44. The van der Waals surface area contributed by atoms with Gasteiger partial charge < -0.3 is 9.62 Å². The quantitative estimate of drug-likeness (QED) is 0.566. The first-order chi connectivity index (χ1) is 15.2. The van der Waals surface area contributed by atoms with Crippen molar-refractivity contribution in [2.45, 2.75) is 24.7 Å². The first-order valence-corrected chi connectivity index (χ1v) is 11.9. The Hall–Kier alpha value is -2.57. The van der Waals surface area contributed by atoms with Crippen LogP contribution < -0.4 is 4.72 Å². The number of carbonyl (C=O) groups excluding carboxylic acids is 1. The van der Waals surface area contributed by atoms with Crippen LogP contribution in [0.4, 0.5) is 5.69 Å². The zero-order valence-corrected chi connectivity index (χ0v) is 18.7. The molecule has 31 heavy (non-hydrogen) atoms. The fraction of sp³-hybridized carbons (Fsp3) is 0.360. The average Bonchev–Trinajstić information content (AvgIpc) is 3.62. The smallest absolute Gasteiger partial charge is 0.253 e. The number of para-hydroxylation sites is 1. The molecular formula is C25H28N4OS. The van der Waals surface area contributed by atoms with Gasteiger partial charge in [0.25, 0.3) is 5.91 Å². The van der Waals surface area contributed by atoms with E-state index in [0.29, 0.717) is 0 Å². The third-order valence-corrected chi connectivity index (χ3v) is 7.08. The summed E-state index contributed by atoms with van der Waals surface area (Å²) in [5.74, 6) is 1.05. The summed E-state index contributed by atoms with van der Waals surface area (Å²) in [7, 11) is 0. The minimum atomic E-state index is 0.145. The highest BCUT2D eigenvalue weighted by atomic mass is 32.2. The predicted molar refractivity (Wildman–Crippen MR) is 127 cm³/mol. The van der Waals surface area contributed by atoms with E-state index in [2.05, 4.69) is 39.7 Å². The van der Waals surface area contributed by atoms with E-state index in [-0.39, 0.29) is 5.91 Å². The number of pyridine rings is 1. The molecule has 3 aromatic rings. The van der Waals surface area contributed by atoms with E-state index in [1.807, 2.05) is 41.4 Å². The van der Waals surface area contributed by atoms with E-state index < -0.39 is 0 Å². The van der Waals surface area contributed by atoms with Crippen molar-refractivity contribution in [1.82, 2.24) is 14.8 Å². The van der Waals surface area contributed by atoms with Crippen LogP contribution in [0, 0.1) is 12.8 Å². The van der Waals surface area contributed by atoms with Gasteiger partial charge >= 0.3 is 0 Å². The number of anilines is 1. The standard InChI is InChI=1S/C25H28N4OS/c1-18-16-21(25(30)29-14-12-28(13-15-29)17-19-7-8-19)9-10-22(18)27-31-23-6-2-4-20-5-3-11-26-24(20)23/h2-6,9-11,16,19,27H,7-8,12-15,17H2,1H3. The van der Waals surface area contributed by atoms with E-state index in [9.17, 15) is 4.79 Å². The molecule has 1 saturated heterocycles. The number of carbonyl (C=O) groups is 1. The summed E-state index contributed by atoms with van der Waals surface area (Å²) in [6, 6.07) is 16.2. The number of aryl methyl sites for hydroxylation is 1. The maximum Gasteiger partial charge on any atom is 0.253 e. The number of nitrogens with one attached hydrogen (secondary N) is 1. The Bertz CT molecular complexity index is 1080. The van der Waals surface area contributed by atoms with E-state index in [4.69, 9.17) is 0 Å². The number of hydrogen-bond donors (Lipinski definition) is 1. The van der Waals surface area contributed by atoms with Gasteiger partial charge in [-0.25, -0.2) is 0 Å².